The summed E-state index contributed by atoms with van der Waals surface area (Å²) in [5.41, 5.74) is 0. The number of amides is 1. The highest BCUT2D eigenvalue weighted by Gasteiger charge is 2.18. The van der Waals surface area contributed by atoms with Gasteiger partial charge in [0.15, 0.2) is 0 Å². The maximum Gasteiger partial charge on any atom is 0.305 e. The van der Waals surface area contributed by atoms with Crippen molar-refractivity contribution in [2.45, 2.75) is 379 Å². The zero-order valence-electron chi connectivity index (χ0n) is 48.2. The normalized spacial score (nSPS) is 12.6. The molecular formula is C65H127NO5. The molecule has 0 rings (SSSR count). The van der Waals surface area contributed by atoms with Crippen LogP contribution in [0.3, 0.4) is 0 Å². The number of ether oxygens (including phenoxy) is 1. The fourth-order valence-electron chi connectivity index (χ4n) is 10.3. The molecule has 422 valence electrons. The molecule has 0 aliphatic heterocycles. The van der Waals surface area contributed by atoms with Gasteiger partial charge in [-0.2, -0.15) is 0 Å². The molecule has 0 aliphatic rings. The molecule has 6 heteroatoms. The smallest absolute Gasteiger partial charge is 0.305 e. The van der Waals surface area contributed by atoms with Crippen LogP contribution in [0, 0.1) is 0 Å². The largest absolute Gasteiger partial charge is 0.466 e. The van der Waals surface area contributed by atoms with Crippen molar-refractivity contribution in [1.82, 2.24) is 5.32 Å². The number of carbonyl (C=O) groups is 2. The molecule has 0 fully saturated rings. The summed E-state index contributed by atoms with van der Waals surface area (Å²) < 4.78 is 5.49. The molecular weight excluding hydrogens is 875 g/mol. The lowest BCUT2D eigenvalue weighted by molar-refractivity contribution is -0.143. The van der Waals surface area contributed by atoms with E-state index in [4.69, 9.17) is 4.74 Å². The van der Waals surface area contributed by atoms with Crippen LogP contribution in [0.5, 0.6) is 0 Å². The van der Waals surface area contributed by atoms with Gasteiger partial charge < -0.3 is 20.3 Å². The molecule has 3 N–H and O–H groups in total. The average molecular weight is 1000 g/mol. The Kier molecular flexibility index (Phi) is 59.9. The molecule has 6 nitrogen and oxygen atoms in total. The number of aliphatic hydroxyl groups is 2. The molecule has 0 aliphatic carbocycles. The predicted octanol–water partition coefficient (Wildman–Crippen LogP) is 20.4. The molecule has 0 saturated heterocycles. The van der Waals surface area contributed by atoms with Crippen LogP contribution in [-0.2, 0) is 14.3 Å². The van der Waals surface area contributed by atoms with Gasteiger partial charge in [-0.3, -0.25) is 9.59 Å². The summed E-state index contributed by atoms with van der Waals surface area (Å²) in [5, 5.41) is 23.2. The first-order chi connectivity index (χ1) is 35.0. The van der Waals surface area contributed by atoms with E-state index in [0.29, 0.717) is 19.4 Å². The predicted molar refractivity (Wildman–Crippen MR) is 310 cm³/mol. The van der Waals surface area contributed by atoms with Crippen molar-refractivity contribution in [3.63, 3.8) is 0 Å². The van der Waals surface area contributed by atoms with E-state index in [1.54, 1.807) is 6.08 Å². The summed E-state index contributed by atoms with van der Waals surface area (Å²) in [6.07, 6.45) is 74.0. The maximum atomic E-state index is 12.5. The number of allylic oxidation sites excluding steroid dienone is 1. The second kappa shape index (κ2) is 61.1. The van der Waals surface area contributed by atoms with Crippen LogP contribution in [0.15, 0.2) is 12.2 Å². The molecule has 0 spiro atoms. The Labute approximate surface area is 444 Å². The van der Waals surface area contributed by atoms with Gasteiger partial charge in [-0.05, 0) is 32.1 Å². The maximum absolute atomic E-state index is 12.5. The lowest BCUT2D eigenvalue weighted by atomic mass is 10.0. The highest BCUT2D eigenvalue weighted by atomic mass is 16.5. The second-order valence-electron chi connectivity index (χ2n) is 22.5. The van der Waals surface area contributed by atoms with Crippen molar-refractivity contribution >= 4 is 11.9 Å². The van der Waals surface area contributed by atoms with Gasteiger partial charge in [-0.25, -0.2) is 0 Å². The van der Waals surface area contributed by atoms with E-state index in [0.717, 1.165) is 38.5 Å². The summed E-state index contributed by atoms with van der Waals surface area (Å²) in [5.74, 6) is -0.0604. The quantitative estimate of drug-likeness (QED) is 0.0320. The second-order valence-corrected chi connectivity index (χ2v) is 22.5. The van der Waals surface area contributed by atoms with Crippen LogP contribution in [0.25, 0.3) is 0 Å². The molecule has 2 unspecified atom stereocenters. The number of rotatable bonds is 61. The summed E-state index contributed by atoms with van der Waals surface area (Å²) in [7, 11) is 0. The van der Waals surface area contributed by atoms with Crippen LogP contribution in [0.2, 0.25) is 0 Å². The molecule has 0 heterocycles. The number of hydrogen-bond donors (Lipinski definition) is 3. The van der Waals surface area contributed by atoms with Gasteiger partial charge in [0.1, 0.15) is 0 Å². The Morgan fingerprint density at radius 2 is 0.648 bits per heavy atom. The third-order valence-corrected chi connectivity index (χ3v) is 15.3. The Morgan fingerprint density at radius 3 is 0.958 bits per heavy atom. The van der Waals surface area contributed by atoms with Gasteiger partial charge in [0.2, 0.25) is 5.91 Å². The topological polar surface area (TPSA) is 95.9 Å². The SMILES string of the molecule is CCCCCCCCCCCCCCCCCCCCCC/C=C/C(O)C(CO)NC(=O)CCCCCCCCCCCCCCCCCCCOC(=O)CCCCCCCCCCCCCCCCC. The lowest BCUT2D eigenvalue weighted by Gasteiger charge is -2.20. The van der Waals surface area contributed by atoms with Crippen LogP contribution in [0.4, 0.5) is 0 Å². The molecule has 0 saturated carbocycles. The summed E-state index contributed by atoms with van der Waals surface area (Å²) in [6.45, 7) is 4.93. The van der Waals surface area contributed by atoms with E-state index >= 15 is 0 Å². The monoisotopic (exact) mass is 1000 g/mol. The standard InChI is InChI=1S/C65H127NO5/c1-3-5-7-9-11-13-15-17-19-20-21-22-23-24-26-30-33-37-41-45-49-53-57-63(68)62(61-67)66-64(69)58-54-50-46-42-38-34-31-27-25-28-32-36-40-44-48-52-56-60-71-65(70)59-55-51-47-43-39-35-29-18-16-14-12-10-8-6-4-2/h53,57,62-63,67-68H,3-52,54-56,58-61H2,1-2H3,(H,66,69)/b57-53+. The number of carbonyl (C=O) groups excluding carboxylic acids is 2. The molecule has 0 aromatic heterocycles. The summed E-state index contributed by atoms with van der Waals surface area (Å²) in [4.78, 5) is 24.6. The number of hydrogen-bond acceptors (Lipinski definition) is 5. The third kappa shape index (κ3) is 57.7. The van der Waals surface area contributed by atoms with Crippen molar-refractivity contribution in [3.05, 3.63) is 12.2 Å². The van der Waals surface area contributed by atoms with Crippen molar-refractivity contribution in [1.29, 1.82) is 0 Å². The Balaban J connectivity index is 3.43. The lowest BCUT2D eigenvalue weighted by Crippen LogP contribution is -2.45. The van der Waals surface area contributed by atoms with Gasteiger partial charge in [-0.1, -0.05) is 334 Å². The van der Waals surface area contributed by atoms with E-state index < -0.39 is 12.1 Å². The summed E-state index contributed by atoms with van der Waals surface area (Å²) in [6, 6.07) is -0.632. The third-order valence-electron chi connectivity index (χ3n) is 15.3. The van der Waals surface area contributed by atoms with Crippen LogP contribution in [-0.4, -0.2) is 47.4 Å². The molecule has 2 atom stereocenters. The molecule has 0 aromatic carbocycles. The van der Waals surface area contributed by atoms with E-state index in [2.05, 4.69) is 19.2 Å². The Hall–Kier alpha value is -1.40. The van der Waals surface area contributed by atoms with Gasteiger partial charge in [0.05, 0.1) is 25.4 Å². The first kappa shape index (κ1) is 69.6. The minimum absolute atomic E-state index is 0.00845. The molecule has 0 aromatic rings. The number of nitrogens with one attached hydrogen (secondary N) is 1. The Bertz CT molecular complexity index is 1060. The van der Waals surface area contributed by atoms with Crippen LogP contribution in [0.1, 0.15) is 367 Å². The minimum atomic E-state index is -0.848. The molecule has 71 heavy (non-hydrogen) atoms. The highest BCUT2D eigenvalue weighted by molar-refractivity contribution is 5.76. The van der Waals surface area contributed by atoms with Crippen molar-refractivity contribution in [2.75, 3.05) is 13.2 Å². The van der Waals surface area contributed by atoms with Crippen LogP contribution < -0.4 is 5.32 Å². The van der Waals surface area contributed by atoms with Gasteiger partial charge in [0, 0.05) is 12.8 Å². The number of unbranched alkanes of at least 4 members (excludes halogenated alkanes) is 50. The fraction of sp³-hybridized carbons (Fsp3) is 0.938. The van der Waals surface area contributed by atoms with Gasteiger partial charge in [-0.15, -0.1) is 0 Å². The van der Waals surface area contributed by atoms with E-state index in [9.17, 15) is 19.8 Å². The molecule has 0 bridgehead atoms. The zero-order chi connectivity index (χ0) is 51.4. The van der Waals surface area contributed by atoms with E-state index in [1.807, 2.05) is 6.08 Å². The van der Waals surface area contributed by atoms with Gasteiger partial charge >= 0.3 is 5.97 Å². The first-order valence-electron chi connectivity index (χ1n) is 32.5. The van der Waals surface area contributed by atoms with E-state index in [-0.39, 0.29) is 18.5 Å². The average Bonchev–Trinajstić information content (AvgIpc) is 3.37. The minimum Gasteiger partial charge on any atom is -0.466 e. The van der Waals surface area contributed by atoms with Gasteiger partial charge in [0.25, 0.3) is 0 Å². The van der Waals surface area contributed by atoms with Crippen molar-refractivity contribution in [2.24, 2.45) is 0 Å². The fourth-order valence-corrected chi connectivity index (χ4v) is 10.3. The highest BCUT2D eigenvalue weighted by Crippen LogP contribution is 2.18. The van der Waals surface area contributed by atoms with E-state index in [1.165, 1.54) is 302 Å². The summed E-state index contributed by atoms with van der Waals surface area (Å²) >= 11 is 0. The zero-order valence-corrected chi connectivity index (χ0v) is 48.2. The van der Waals surface area contributed by atoms with Crippen molar-refractivity contribution < 1.29 is 24.5 Å². The van der Waals surface area contributed by atoms with Crippen molar-refractivity contribution in [3.8, 4) is 0 Å². The Morgan fingerprint density at radius 1 is 0.380 bits per heavy atom. The number of aliphatic hydroxyl groups excluding tert-OH is 2. The first-order valence-corrected chi connectivity index (χ1v) is 32.5. The van der Waals surface area contributed by atoms with Crippen LogP contribution >= 0.6 is 0 Å². The molecule has 1 amide bonds. The molecule has 0 radical (unpaired) electrons. The number of esters is 1.